The van der Waals surface area contributed by atoms with Crippen molar-refractivity contribution in [2.45, 2.75) is 20.3 Å². The molecule has 2 heterocycles. The quantitative estimate of drug-likeness (QED) is 0.469. The van der Waals surface area contributed by atoms with Gasteiger partial charge in [0.2, 0.25) is 5.91 Å². The smallest absolute Gasteiger partial charge is 0.254 e. The normalized spacial score (nSPS) is 28.9. The topological polar surface area (TPSA) is 71.7 Å². The van der Waals surface area contributed by atoms with E-state index in [2.05, 4.69) is 17.3 Å². The molecule has 0 N–H and O–H groups in total. The number of allylic oxidation sites excluding steroid dienone is 2. The summed E-state index contributed by atoms with van der Waals surface area (Å²) in [5.41, 5.74) is 2.29. The van der Waals surface area contributed by atoms with Crippen molar-refractivity contribution >= 4 is 34.8 Å². The summed E-state index contributed by atoms with van der Waals surface area (Å²) in [6.45, 7) is 3.35. The minimum atomic E-state index is -0.260. The van der Waals surface area contributed by atoms with E-state index in [1.165, 1.54) is 6.92 Å². The molecular formula is C21H19N3O3. The second kappa shape index (κ2) is 5.49. The Labute approximate surface area is 156 Å². The third-order valence-corrected chi connectivity index (χ3v) is 6.22. The minimum absolute atomic E-state index is 0.0890. The number of aromatic nitrogens is 1. The number of para-hydroxylation sites is 1. The van der Waals surface area contributed by atoms with E-state index >= 15 is 0 Å². The third-order valence-electron chi connectivity index (χ3n) is 6.22. The van der Waals surface area contributed by atoms with E-state index in [1.807, 2.05) is 31.2 Å². The zero-order valence-electron chi connectivity index (χ0n) is 15.1. The highest BCUT2D eigenvalue weighted by Crippen LogP contribution is 2.52. The van der Waals surface area contributed by atoms with Crippen LogP contribution in [0.1, 0.15) is 29.4 Å². The number of rotatable bonds is 2. The van der Waals surface area contributed by atoms with Gasteiger partial charge < -0.3 is 0 Å². The SMILES string of the molecule is CC(=O)n1c(C)c(C=NN2C(=O)[C@@H]3[C@H](C2=O)[C@H]2C=C[C@H]3C2)c2ccccc21. The number of benzene rings is 1. The minimum Gasteiger partial charge on any atom is -0.284 e. The van der Waals surface area contributed by atoms with Crippen LogP contribution < -0.4 is 0 Å². The van der Waals surface area contributed by atoms with Gasteiger partial charge in [-0.25, -0.2) is 0 Å². The molecule has 2 bridgehead atoms. The van der Waals surface area contributed by atoms with Crippen LogP contribution in [-0.2, 0) is 9.59 Å². The van der Waals surface area contributed by atoms with E-state index in [0.29, 0.717) is 0 Å². The van der Waals surface area contributed by atoms with Crippen LogP contribution in [0.4, 0.5) is 0 Å². The Kier molecular flexibility index (Phi) is 3.29. The molecule has 136 valence electrons. The number of imide groups is 1. The second-order valence-electron chi connectivity index (χ2n) is 7.60. The van der Waals surface area contributed by atoms with Gasteiger partial charge in [0.15, 0.2) is 0 Å². The van der Waals surface area contributed by atoms with Crippen LogP contribution in [0.15, 0.2) is 41.5 Å². The van der Waals surface area contributed by atoms with E-state index in [4.69, 9.17) is 0 Å². The molecule has 2 aromatic rings. The molecule has 1 aromatic carbocycles. The Morgan fingerprint density at radius 2 is 1.74 bits per heavy atom. The van der Waals surface area contributed by atoms with Gasteiger partial charge in [0.1, 0.15) is 0 Å². The van der Waals surface area contributed by atoms with Crippen molar-refractivity contribution in [3.63, 3.8) is 0 Å². The van der Waals surface area contributed by atoms with Crippen LogP contribution in [0, 0.1) is 30.6 Å². The zero-order valence-corrected chi connectivity index (χ0v) is 15.1. The number of carbonyl (C=O) groups excluding carboxylic acids is 3. The van der Waals surface area contributed by atoms with Crippen LogP contribution in [0.3, 0.4) is 0 Å². The maximum absolute atomic E-state index is 12.8. The molecule has 2 fully saturated rings. The average molecular weight is 361 g/mol. The number of nitrogens with zero attached hydrogens (tertiary/aromatic N) is 3. The molecule has 3 aliphatic rings. The lowest BCUT2D eigenvalue weighted by Crippen LogP contribution is -2.28. The van der Waals surface area contributed by atoms with Crippen LogP contribution in [0.2, 0.25) is 0 Å². The first-order valence-electron chi connectivity index (χ1n) is 9.20. The van der Waals surface area contributed by atoms with Crippen LogP contribution in [0.25, 0.3) is 10.9 Å². The number of carbonyl (C=O) groups is 3. The molecule has 2 amide bonds. The predicted octanol–water partition coefficient (Wildman–Crippen LogP) is 2.75. The molecule has 1 aliphatic heterocycles. The van der Waals surface area contributed by atoms with Crippen molar-refractivity contribution in [3.05, 3.63) is 47.7 Å². The van der Waals surface area contributed by atoms with Gasteiger partial charge in [-0.15, -0.1) is 0 Å². The zero-order chi connectivity index (χ0) is 18.9. The average Bonchev–Trinajstić information content (AvgIpc) is 3.36. The Balaban J connectivity index is 1.54. The first-order chi connectivity index (χ1) is 13.0. The molecule has 0 radical (unpaired) electrons. The number of amides is 2. The standard InChI is InChI=1S/C21H19N3O3/c1-11-16(15-5-3-4-6-17(15)23(11)12(2)25)10-22-24-20(26)18-13-7-8-14(9-13)19(18)21(24)27/h3-8,10,13-14,18-19H,9H2,1-2H3/t13-,14-,18-,19+/m0/s1. The fourth-order valence-electron chi connectivity index (χ4n) is 5.08. The van der Waals surface area contributed by atoms with Gasteiger partial charge in [0.25, 0.3) is 11.8 Å². The van der Waals surface area contributed by atoms with Gasteiger partial charge >= 0.3 is 0 Å². The highest BCUT2D eigenvalue weighted by atomic mass is 16.2. The van der Waals surface area contributed by atoms with E-state index < -0.39 is 0 Å². The van der Waals surface area contributed by atoms with Crippen LogP contribution >= 0.6 is 0 Å². The summed E-state index contributed by atoms with van der Waals surface area (Å²) in [5, 5.41) is 6.19. The van der Waals surface area contributed by atoms with Crippen molar-refractivity contribution in [1.29, 1.82) is 0 Å². The van der Waals surface area contributed by atoms with E-state index in [9.17, 15) is 14.4 Å². The largest absolute Gasteiger partial charge is 0.284 e. The lowest BCUT2D eigenvalue weighted by atomic mass is 9.85. The van der Waals surface area contributed by atoms with E-state index in [-0.39, 0.29) is 41.4 Å². The summed E-state index contributed by atoms with van der Waals surface area (Å²) in [4.78, 5) is 37.6. The predicted molar refractivity (Wildman–Crippen MR) is 100 cm³/mol. The summed E-state index contributed by atoms with van der Waals surface area (Å²) >= 11 is 0. The molecule has 4 atom stereocenters. The lowest BCUT2D eigenvalue weighted by molar-refractivity contribution is -0.140. The molecule has 1 saturated heterocycles. The molecule has 27 heavy (non-hydrogen) atoms. The molecule has 2 aliphatic carbocycles. The van der Waals surface area contributed by atoms with Gasteiger partial charge in [-0.1, -0.05) is 30.4 Å². The van der Waals surface area contributed by atoms with Crippen molar-refractivity contribution in [1.82, 2.24) is 9.58 Å². The molecule has 5 rings (SSSR count). The van der Waals surface area contributed by atoms with Crippen molar-refractivity contribution in [2.24, 2.45) is 28.8 Å². The molecular weight excluding hydrogens is 342 g/mol. The monoisotopic (exact) mass is 361 g/mol. The Morgan fingerprint density at radius 3 is 2.37 bits per heavy atom. The maximum Gasteiger partial charge on any atom is 0.254 e. The summed E-state index contributed by atoms with van der Waals surface area (Å²) in [6, 6.07) is 7.56. The van der Waals surface area contributed by atoms with Gasteiger partial charge in [-0.2, -0.15) is 10.1 Å². The van der Waals surface area contributed by atoms with Gasteiger partial charge in [-0.05, 0) is 31.2 Å². The number of hydrogen-bond acceptors (Lipinski definition) is 4. The number of fused-ring (bicyclic) bond motifs is 6. The van der Waals surface area contributed by atoms with Crippen molar-refractivity contribution in [3.8, 4) is 0 Å². The fourth-order valence-corrected chi connectivity index (χ4v) is 5.08. The first kappa shape index (κ1) is 16.2. The summed E-state index contributed by atoms with van der Waals surface area (Å²) in [5.74, 6) is -0.685. The van der Waals surface area contributed by atoms with Crippen LogP contribution in [0.5, 0.6) is 0 Å². The Hall–Kier alpha value is -3.02. The molecule has 0 unspecified atom stereocenters. The molecule has 0 spiro atoms. The van der Waals surface area contributed by atoms with Gasteiger partial charge in [0, 0.05) is 23.6 Å². The molecule has 1 aromatic heterocycles. The fraction of sp³-hybridized carbons (Fsp3) is 0.333. The van der Waals surface area contributed by atoms with E-state index in [1.54, 1.807) is 10.8 Å². The first-order valence-corrected chi connectivity index (χ1v) is 9.20. The second-order valence-corrected chi connectivity index (χ2v) is 7.60. The Morgan fingerprint density at radius 1 is 1.11 bits per heavy atom. The molecule has 6 nitrogen and oxygen atoms in total. The Bertz CT molecular complexity index is 1050. The number of hydrazone groups is 1. The molecule has 1 saturated carbocycles. The van der Waals surface area contributed by atoms with Crippen molar-refractivity contribution in [2.75, 3.05) is 0 Å². The highest BCUT2D eigenvalue weighted by Gasteiger charge is 2.59. The number of hydrogen-bond donors (Lipinski definition) is 0. The van der Waals surface area contributed by atoms with Crippen LogP contribution in [-0.4, -0.2) is 33.5 Å². The highest BCUT2D eigenvalue weighted by molar-refractivity contribution is 6.09. The maximum atomic E-state index is 12.8. The lowest BCUT2D eigenvalue weighted by Gasteiger charge is -2.13. The van der Waals surface area contributed by atoms with E-state index in [0.717, 1.165) is 33.6 Å². The summed E-state index contributed by atoms with van der Waals surface area (Å²) in [6.07, 6.45) is 6.57. The summed E-state index contributed by atoms with van der Waals surface area (Å²) in [7, 11) is 0. The third kappa shape index (κ3) is 2.07. The van der Waals surface area contributed by atoms with Crippen molar-refractivity contribution < 1.29 is 14.4 Å². The summed E-state index contributed by atoms with van der Waals surface area (Å²) < 4.78 is 1.63. The molecule has 6 heteroatoms. The van der Waals surface area contributed by atoms with Gasteiger partial charge in [-0.3, -0.25) is 19.0 Å². The van der Waals surface area contributed by atoms with Gasteiger partial charge in [0.05, 0.1) is 23.6 Å².